The molecular formula is C14H22N2O. The van der Waals surface area contributed by atoms with Crippen LogP contribution < -0.4 is 5.32 Å². The van der Waals surface area contributed by atoms with Gasteiger partial charge in [-0.25, -0.2) is 0 Å². The summed E-state index contributed by atoms with van der Waals surface area (Å²) in [6.07, 6.45) is 0. The Morgan fingerprint density at radius 1 is 1.24 bits per heavy atom. The van der Waals surface area contributed by atoms with E-state index in [0.29, 0.717) is 6.54 Å². The van der Waals surface area contributed by atoms with Crippen LogP contribution in [0, 0.1) is 0 Å². The van der Waals surface area contributed by atoms with E-state index in [0.717, 1.165) is 18.7 Å². The molecule has 0 aliphatic rings. The van der Waals surface area contributed by atoms with Gasteiger partial charge in [0.25, 0.3) is 0 Å². The predicted molar refractivity (Wildman–Crippen MR) is 70.8 cm³/mol. The van der Waals surface area contributed by atoms with Gasteiger partial charge in [0, 0.05) is 0 Å². The van der Waals surface area contributed by atoms with Crippen molar-refractivity contribution in [3.05, 3.63) is 35.9 Å². The van der Waals surface area contributed by atoms with Crippen LogP contribution in [-0.4, -0.2) is 30.4 Å². The first kappa shape index (κ1) is 13.7. The van der Waals surface area contributed by atoms with E-state index >= 15 is 0 Å². The first-order chi connectivity index (χ1) is 8.17. The molecule has 1 atom stereocenters. The average molecular weight is 234 g/mol. The summed E-state index contributed by atoms with van der Waals surface area (Å²) in [7, 11) is 0. The lowest BCUT2D eigenvalue weighted by molar-refractivity contribution is -0.122. The van der Waals surface area contributed by atoms with E-state index in [2.05, 4.69) is 24.1 Å². The molecule has 0 radical (unpaired) electrons. The third-order valence-electron chi connectivity index (χ3n) is 2.94. The zero-order valence-corrected chi connectivity index (χ0v) is 10.9. The van der Waals surface area contributed by atoms with Crippen LogP contribution in [-0.2, 0) is 4.79 Å². The summed E-state index contributed by atoms with van der Waals surface area (Å²) in [6.45, 7) is 8.43. The number of hydrogen-bond donors (Lipinski definition) is 1. The largest absolute Gasteiger partial charge is 0.348 e. The Kier molecular flexibility index (Phi) is 5.70. The van der Waals surface area contributed by atoms with E-state index in [9.17, 15) is 4.79 Å². The normalized spacial score (nSPS) is 12.5. The van der Waals surface area contributed by atoms with Gasteiger partial charge in [0.2, 0.25) is 5.91 Å². The van der Waals surface area contributed by atoms with Crippen LogP contribution >= 0.6 is 0 Å². The SMILES string of the molecule is CCN(CC)CC(=O)NC(C)c1ccccc1. The maximum absolute atomic E-state index is 11.8. The van der Waals surface area contributed by atoms with Crippen molar-refractivity contribution in [3.8, 4) is 0 Å². The number of carbonyl (C=O) groups excluding carboxylic acids is 1. The number of hydrogen-bond acceptors (Lipinski definition) is 2. The molecule has 1 N–H and O–H groups in total. The van der Waals surface area contributed by atoms with Gasteiger partial charge in [-0.3, -0.25) is 9.69 Å². The second-order valence-corrected chi connectivity index (χ2v) is 4.16. The summed E-state index contributed by atoms with van der Waals surface area (Å²) in [4.78, 5) is 13.9. The number of carbonyl (C=O) groups is 1. The van der Waals surface area contributed by atoms with E-state index in [4.69, 9.17) is 0 Å². The molecule has 1 unspecified atom stereocenters. The second kappa shape index (κ2) is 7.07. The third kappa shape index (κ3) is 4.57. The highest BCUT2D eigenvalue weighted by Crippen LogP contribution is 2.10. The van der Waals surface area contributed by atoms with Gasteiger partial charge in [-0.15, -0.1) is 0 Å². The minimum Gasteiger partial charge on any atom is -0.348 e. The molecule has 3 nitrogen and oxygen atoms in total. The Morgan fingerprint density at radius 3 is 2.35 bits per heavy atom. The van der Waals surface area contributed by atoms with Crippen LogP contribution in [0.15, 0.2) is 30.3 Å². The van der Waals surface area contributed by atoms with Crippen LogP contribution in [0.4, 0.5) is 0 Å². The Labute approximate surface area is 104 Å². The zero-order valence-electron chi connectivity index (χ0n) is 10.9. The summed E-state index contributed by atoms with van der Waals surface area (Å²) in [5.74, 6) is 0.0880. The summed E-state index contributed by atoms with van der Waals surface area (Å²) >= 11 is 0. The highest BCUT2D eigenvalue weighted by Gasteiger charge is 2.11. The number of nitrogens with one attached hydrogen (secondary N) is 1. The molecular weight excluding hydrogens is 212 g/mol. The quantitative estimate of drug-likeness (QED) is 0.818. The monoisotopic (exact) mass is 234 g/mol. The molecule has 1 amide bonds. The number of benzene rings is 1. The smallest absolute Gasteiger partial charge is 0.234 e. The maximum atomic E-state index is 11.8. The fourth-order valence-electron chi connectivity index (χ4n) is 1.76. The highest BCUT2D eigenvalue weighted by atomic mass is 16.2. The zero-order chi connectivity index (χ0) is 12.7. The highest BCUT2D eigenvalue weighted by molar-refractivity contribution is 5.78. The Hall–Kier alpha value is -1.35. The lowest BCUT2D eigenvalue weighted by Gasteiger charge is -2.20. The van der Waals surface area contributed by atoms with Crippen molar-refractivity contribution in [2.75, 3.05) is 19.6 Å². The summed E-state index contributed by atoms with van der Waals surface area (Å²) in [6, 6.07) is 10.1. The molecule has 1 aromatic carbocycles. The standard InChI is InChI=1S/C14H22N2O/c1-4-16(5-2)11-14(17)15-12(3)13-9-7-6-8-10-13/h6-10,12H,4-5,11H2,1-3H3,(H,15,17). The van der Waals surface area contributed by atoms with E-state index < -0.39 is 0 Å². The molecule has 0 heterocycles. The molecule has 1 aromatic rings. The average Bonchev–Trinajstić information content (AvgIpc) is 2.37. The molecule has 0 saturated carbocycles. The topological polar surface area (TPSA) is 32.3 Å². The van der Waals surface area contributed by atoms with Crippen molar-refractivity contribution in [1.29, 1.82) is 0 Å². The van der Waals surface area contributed by atoms with Gasteiger partial charge in [-0.1, -0.05) is 44.2 Å². The molecule has 94 valence electrons. The second-order valence-electron chi connectivity index (χ2n) is 4.16. The lowest BCUT2D eigenvalue weighted by Crippen LogP contribution is -2.38. The van der Waals surface area contributed by atoms with Crippen molar-refractivity contribution in [3.63, 3.8) is 0 Å². The van der Waals surface area contributed by atoms with Crippen LogP contribution in [0.3, 0.4) is 0 Å². The van der Waals surface area contributed by atoms with Gasteiger partial charge in [0.1, 0.15) is 0 Å². The van der Waals surface area contributed by atoms with Crippen LogP contribution in [0.25, 0.3) is 0 Å². The molecule has 0 aliphatic carbocycles. The number of nitrogens with zero attached hydrogens (tertiary/aromatic N) is 1. The fraction of sp³-hybridized carbons (Fsp3) is 0.500. The van der Waals surface area contributed by atoms with Crippen molar-refractivity contribution in [2.45, 2.75) is 26.8 Å². The van der Waals surface area contributed by atoms with Gasteiger partial charge in [-0.2, -0.15) is 0 Å². The van der Waals surface area contributed by atoms with Crippen molar-refractivity contribution < 1.29 is 4.79 Å². The van der Waals surface area contributed by atoms with E-state index in [1.165, 1.54) is 0 Å². The van der Waals surface area contributed by atoms with Crippen LogP contribution in [0.2, 0.25) is 0 Å². The van der Waals surface area contributed by atoms with Gasteiger partial charge in [0.05, 0.1) is 12.6 Å². The lowest BCUT2D eigenvalue weighted by atomic mass is 10.1. The maximum Gasteiger partial charge on any atom is 0.234 e. The minimum absolute atomic E-state index is 0.0688. The molecule has 0 aliphatic heterocycles. The van der Waals surface area contributed by atoms with Gasteiger partial charge in [-0.05, 0) is 25.6 Å². The van der Waals surface area contributed by atoms with Crippen LogP contribution in [0.5, 0.6) is 0 Å². The number of likely N-dealkylation sites (N-methyl/N-ethyl adjacent to an activating group) is 1. The molecule has 3 heteroatoms. The molecule has 0 spiro atoms. The molecule has 0 fully saturated rings. The molecule has 0 saturated heterocycles. The summed E-state index contributed by atoms with van der Waals surface area (Å²) < 4.78 is 0. The molecule has 17 heavy (non-hydrogen) atoms. The Balaban J connectivity index is 2.46. The summed E-state index contributed by atoms with van der Waals surface area (Å²) in [5.41, 5.74) is 1.14. The van der Waals surface area contributed by atoms with Gasteiger partial charge >= 0.3 is 0 Å². The number of rotatable bonds is 6. The minimum atomic E-state index is 0.0688. The van der Waals surface area contributed by atoms with Crippen molar-refractivity contribution >= 4 is 5.91 Å². The van der Waals surface area contributed by atoms with Crippen molar-refractivity contribution in [1.82, 2.24) is 10.2 Å². The first-order valence-electron chi connectivity index (χ1n) is 6.24. The molecule has 0 bridgehead atoms. The van der Waals surface area contributed by atoms with Crippen LogP contribution in [0.1, 0.15) is 32.4 Å². The van der Waals surface area contributed by atoms with E-state index in [1.54, 1.807) is 0 Å². The first-order valence-corrected chi connectivity index (χ1v) is 6.24. The predicted octanol–water partition coefficient (Wildman–Crippen LogP) is 2.21. The third-order valence-corrected chi connectivity index (χ3v) is 2.94. The Morgan fingerprint density at radius 2 is 1.82 bits per heavy atom. The van der Waals surface area contributed by atoms with Gasteiger partial charge < -0.3 is 5.32 Å². The van der Waals surface area contributed by atoms with Crippen molar-refractivity contribution in [2.24, 2.45) is 0 Å². The summed E-state index contributed by atoms with van der Waals surface area (Å²) in [5, 5.41) is 3.01. The number of amides is 1. The van der Waals surface area contributed by atoms with E-state index in [1.807, 2.05) is 37.3 Å². The molecule has 0 aromatic heterocycles. The molecule has 1 rings (SSSR count). The van der Waals surface area contributed by atoms with Gasteiger partial charge in [0.15, 0.2) is 0 Å². The fourth-order valence-corrected chi connectivity index (χ4v) is 1.76. The van der Waals surface area contributed by atoms with E-state index in [-0.39, 0.29) is 11.9 Å². The Bertz CT molecular complexity index is 333.